The molecule has 0 aliphatic heterocycles. The molecule has 0 aliphatic carbocycles. The predicted molar refractivity (Wildman–Crippen MR) is 87.3 cm³/mol. The number of rotatable bonds is 4. The van der Waals surface area contributed by atoms with Gasteiger partial charge in [0.2, 0.25) is 0 Å². The molecule has 108 valence electrons. The Morgan fingerprint density at radius 2 is 1.75 bits per heavy atom. The van der Waals surface area contributed by atoms with Gasteiger partial charge in [-0.25, -0.2) is 0 Å². The molecule has 4 heteroatoms. The highest BCUT2D eigenvalue weighted by Gasteiger charge is 2.17. The lowest BCUT2D eigenvalue weighted by Crippen LogP contribution is -2.22. The van der Waals surface area contributed by atoms with Gasteiger partial charge in [-0.3, -0.25) is 0 Å². The van der Waals surface area contributed by atoms with Crippen molar-refractivity contribution in [2.75, 3.05) is 0 Å². The average Bonchev–Trinajstić information content (AvgIpc) is 2.68. The van der Waals surface area contributed by atoms with E-state index in [2.05, 4.69) is 41.2 Å². The van der Waals surface area contributed by atoms with E-state index in [4.69, 9.17) is 16.0 Å². The minimum Gasteiger partial charge on any atom is -0.466 e. The van der Waals surface area contributed by atoms with Gasteiger partial charge in [0.05, 0.1) is 0 Å². The van der Waals surface area contributed by atoms with E-state index in [1.807, 2.05) is 32.0 Å². The van der Waals surface area contributed by atoms with Gasteiger partial charge in [-0.15, -0.1) is 0 Å². The summed E-state index contributed by atoms with van der Waals surface area (Å²) >= 11 is 9.73. The molecule has 0 saturated heterocycles. The Kier molecular flexibility index (Phi) is 4.95. The number of nitrogens with one attached hydrogen (secondary N) is 1. The molecule has 0 radical (unpaired) electrons. The number of hydrogen-bond acceptors (Lipinski definition) is 2. The summed E-state index contributed by atoms with van der Waals surface area (Å²) in [7, 11) is 0. The maximum absolute atomic E-state index is 6.30. The molecule has 1 heterocycles. The third-order valence-corrected chi connectivity index (χ3v) is 4.30. The first-order valence-electron chi connectivity index (χ1n) is 6.66. The van der Waals surface area contributed by atoms with E-state index < -0.39 is 0 Å². The number of benzene rings is 1. The van der Waals surface area contributed by atoms with Crippen molar-refractivity contribution in [3.8, 4) is 0 Å². The summed E-state index contributed by atoms with van der Waals surface area (Å²) in [6.45, 7) is 8.23. The second-order valence-corrected chi connectivity index (χ2v) is 6.47. The molecule has 2 atom stereocenters. The number of hydrogen-bond donors (Lipinski definition) is 1. The largest absolute Gasteiger partial charge is 0.466 e. The first-order chi connectivity index (χ1) is 9.38. The highest BCUT2D eigenvalue weighted by molar-refractivity contribution is 9.10. The van der Waals surface area contributed by atoms with Crippen LogP contribution in [0.5, 0.6) is 0 Å². The molecule has 1 aromatic carbocycles. The third kappa shape index (κ3) is 3.46. The monoisotopic (exact) mass is 355 g/mol. The zero-order chi connectivity index (χ0) is 14.9. The van der Waals surface area contributed by atoms with Crippen LogP contribution in [0.25, 0.3) is 0 Å². The van der Waals surface area contributed by atoms with Gasteiger partial charge in [-0.2, -0.15) is 0 Å². The fraction of sp³-hybridized carbons (Fsp3) is 0.375. The zero-order valence-electron chi connectivity index (χ0n) is 12.1. The fourth-order valence-corrected chi connectivity index (χ4v) is 3.32. The SMILES string of the molecule is Cc1cc(C(C)NC(C)c2ccc(Br)cc2Cl)c(C)o1. The van der Waals surface area contributed by atoms with Gasteiger partial charge >= 0.3 is 0 Å². The molecule has 20 heavy (non-hydrogen) atoms. The summed E-state index contributed by atoms with van der Waals surface area (Å²) in [6.07, 6.45) is 0. The van der Waals surface area contributed by atoms with Crippen LogP contribution < -0.4 is 5.32 Å². The minimum absolute atomic E-state index is 0.167. The Morgan fingerprint density at radius 3 is 2.30 bits per heavy atom. The second-order valence-electron chi connectivity index (χ2n) is 5.14. The van der Waals surface area contributed by atoms with Crippen LogP contribution in [0, 0.1) is 13.8 Å². The average molecular weight is 357 g/mol. The zero-order valence-corrected chi connectivity index (χ0v) is 14.5. The molecule has 2 rings (SSSR count). The number of aryl methyl sites for hydroxylation is 2. The lowest BCUT2D eigenvalue weighted by molar-refractivity contribution is 0.469. The lowest BCUT2D eigenvalue weighted by atomic mass is 10.0. The molecule has 2 nitrogen and oxygen atoms in total. The highest BCUT2D eigenvalue weighted by Crippen LogP contribution is 2.29. The van der Waals surface area contributed by atoms with E-state index in [1.54, 1.807) is 0 Å². The molecule has 1 aromatic heterocycles. The van der Waals surface area contributed by atoms with E-state index in [0.717, 1.165) is 26.6 Å². The van der Waals surface area contributed by atoms with Gasteiger partial charge in [0.15, 0.2) is 0 Å². The molecule has 2 unspecified atom stereocenters. The van der Waals surface area contributed by atoms with Crippen molar-refractivity contribution in [3.05, 3.63) is 56.4 Å². The third-order valence-electron chi connectivity index (χ3n) is 3.47. The summed E-state index contributed by atoms with van der Waals surface area (Å²) in [5.41, 5.74) is 2.29. The van der Waals surface area contributed by atoms with Gasteiger partial charge < -0.3 is 9.73 Å². The van der Waals surface area contributed by atoms with Crippen LogP contribution in [0.15, 0.2) is 33.2 Å². The molecular weight excluding hydrogens is 338 g/mol. The lowest BCUT2D eigenvalue weighted by Gasteiger charge is -2.21. The predicted octanol–water partition coefficient (Wildman–Crippen LogP) is 5.72. The Hall–Kier alpha value is -0.770. The Balaban J connectivity index is 2.14. The summed E-state index contributed by atoms with van der Waals surface area (Å²) in [5, 5.41) is 4.34. The van der Waals surface area contributed by atoms with Crippen LogP contribution in [0.3, 0.4) is 0 Å². The summed E-state index contributed by atoms with van der Waals surface area (Å²) in [6, 6.07) is 8.44. The Morgan fingerprint density at radius 1 is 1.10 bits per heavy atom. The first-order valence-corrected chi connectivity index (χ1v) is 7.83. The van der Waals surface area contributed by atoms with E-state index in [9.17, 15) is 0 Å². The fourth-order valence-electron chi connectivity index (χ4n) is 2.49. The van der Waals surface area contributed by atoms with Crippen molar-refractivity contribution in [3.63, 3.8) is 0 Å². The van der Waals surface area contributed by atoms with Crippen LogP contribution in [0.4, 0.5) is 0 Å². The molecule has 2 aromatic rings. The van der Waals surface area contributed by atoms with Gasteiger partial charge in [0, 0.05) is 27.1 Å². The molecule has 0 bridgehead atoms. The highest BCUT2D eigenvalue weighted by atomic mass is 79.9. The molecule has 0 spiro atoms. The van der Waals surface area contributed by atoms with Crippen LogP contribution in [-0.2, 0) is 0 Å². The summed E-state index contributed by atoms with van der Waals surface area (Å²) in [5.74, 6) is 1.91. The van der Waals surface area contributed by atoms with Crippen LogP contribution >= 0.6 is 27.5 Å². The minimum atomic E-state index is 0.167. The van der Waals surface area contributed by atoms with Crippen LogP contribution in [0.2, 0.25) is 5.02 Å². The molecular formula is C16H19BrClNO. The summed E-state index contributed by atoms with van der Waals surface area (Å²) < 4.78 is 6.58. The van der Waals surface area contributed by atoms with Crippen molar-refractivity contribution in [2.24, 2.45) is 0 Å². The topological polar surface area (TPSA) is 25.2 Å². The Labute approximate surface area is 133 Å². The van der Waals surface area contributed by atoms with E-state index in [1.165, 1.54) is 5.56 Å². The molecule has 1 N–H and O–H groups in total. The van der Waals surface area contributed by atoms with Crippen molar-refractivity contribution < 1.29 is 4.42 Å². The Bertz CT molecular complexity index is 609. The van der Waals surface area contributed by atoms with Gasteiger partial charge in [-0.05, 0) is 51.5 Å². The van der Waals surface area contributed by atoms with Crippen molar-refractivity contribution in [2.45, 2.75) is 39.8 Å². The van der Waals surface area contributed by atoms with Crippen LogP contribution in [0.1, 0.15) is 48.6 Å². The van der Waals surface area contributed by atoms with E-state index in [-0.39, 0.29) is 12.1 Å². The molecule has 0 fully saturated rings. The molecule has 0 saturated carbocycles. The van der Waals surface area contributed by atoms with E-state index >= 15 is 0 Å². The summed E-state index contributed by atoms with van der Waals surface area (Å²) in [4.78, 5) is 0. The maximum Gasteiger partial charge on any atom is 0.105 e. The quantitative estimate of drug-likeness (QED) is 0.757. The van der Waals surface area contributed by atoms with Crippen molar-refractivity contribution in [1.82, 2.24) is 5.32 Å². The number of furan rings is 1. The van der Waals surface area contributed by atoms with Gasteiger partial charge in [0.1, 0.15) is 11.5 Å². The van der Waals surface area contributed by atoms with Gasteiger partial charge in [0.25, 0.3) is 0 Å². The molecule has 0 amide bonds. The van der Waals surface area contributed by atoms with Crippen molar-refractivity contribution >= 4 is 27.5 Å². The van der Waals surface area contributed by atoms with Crippen LogP contribution in [-0.4, -0.2) is 0 Å². The first kappa shape index (κ1) is 15.6. The smallest absolute Gasteiger partial charge is 0.105 e. The number of halogens is 2. The second kappa shape index (κ2) is 6.33. The standard InChI is InChI=1S/C16H19BrClNO/c1-9-7-15(12(4)20-9)11(3)19-10(2)14-6-5-13(17)8-16(14)18/h5-8,10-11,19H,1-4H3. The van der Waals surface area contributed by atoms with Gasteiger partial charge in [-0.1, -0.05) is 33.6 Å². The normalized spacial score (nSPS) is 14.3. The van der Waals surface area contributed by atoms with E-state index in [0.29, 0.717) is 0 Å². The molecule has 0 aliphatic rings. The van der Waals surface area contributed by atoms with Crippen molar-refractivity contribution in [1.29, 1.82) is 0 Å². The maximum atomic E-state index is 6.30.